The van der Waals surface area contributed by atoms with Crippen LogP contribution in [0.2, 0.25) is 10.0 Å². The molecule has 0 saturated carbocycles. The van der Waals surface area contributed by atoms with E-state index in [0.29, 0.717) is 15.8 Å². The summed E-state index contributed by atoms with van der Waals surface area (Å²) in [4.78, 5) is 0. The standard InChI is InChI=1S/C16H17Cl2NO/c1-2-12(19)9-11-3-5-13(6-4-11)20-14-7-8-15(17)16(18)10-14/h3-8,10,12H,2,9,19H2,1H3. The van der Waals surface area contributed by atoms with Crippen LogP contribution in [0.3, 0.4) is 0 Å². The van der Waals surface area contributed by atoms with E-state index in [-0.39, 0.29) is 6.04 Å². The minimum absolute atomic E-state index is 0.205. The molecule has 0 bridgehead atoms. The predicted octanol–water partition coefficient (Wildman–Crippen LogP) is 5.07. The van der Waals surface area contributed by atoms with Gasteiger partial charge in [0.1, 0.15) is 11.5 Å². The van der Waals surface area contributed by atoms with Crippen molar-refractivity contribution < 1.29 is 4.74 Å². The Morgan fingerprint density at radius 2 is 1.65 bits per heavy atom. The van der Waals surface area contributed by atoms with Gasteiger partial charge in [0, 0.05) is 12.1 Å². The maximum atomic E-state index is 5.95. The van der Waals surface area contributed by atoms with Crippen molar-refractivity contribution in [2.24, 2.45) is 5.73 Å². The molecule has 0 spiro atoms. The van der Waals surface area contributed by atoms with Gasteiger partial charge in [-0.15, -0.1) is 0 Å². The van der Waals surface area contributed by atoms with Gasteiger partial charge in [-0.1, -0.05) is 42.3 Å². The fourth-order valence-corrected chi connectivity index (χ4v) is 2.11. The largest absolute Gasteiger partial charge is 0.457 e. The minimum Gasteiger partial charge on any atom is -0.457 e. The quantitative estimate of drug-likeness (QED) is 0.837. The van der Waals surface area contributed by atoms with Gasteiger partial charge in [0.15, 0.2) is 0 Å². The van der Waals surface area contributed by atoms with Gasteiger partial charge in [0.05, 0.1) is 10.0 Å². The van der Waals surface area contributed by atoms with E-state index in [1.807, 2.05) is 24.3 Å². The van der Waals surface area contributed by atoms with Crippen molar-refractivity contribution in [1.29, 1.82) is 0 Å². The lowest BCUT2D eigenvalue weighted by atomic mass is 10.0. The van der Waals surface area contributed by atoms with Gasteiger partial charge in [0.2, 0.25) is 0 Å². The number of rotatable bonds is 5. The highest BCUT2D eigenvalue weighted by Crippen LogP contribution is 2.29. The summed E-state index contributed by atoms with van der Waals surface area (Å²) in [6.45, 7) is 2.09. The third-order valence-electron chi connectivity index (χ3n) is 3.07. The Morgan fingerprint density at radius 1 is 1.00 bits per heavy atom. The second-order valence-electron chi connectivity index (χ2n) is 4.69. The van der Waals surface area contributed by atoms with Crippen LogP contribution in [0.25, 0.3) is 0 Å². The van der Waals surface area contributed by atoms with Gasteiger partial charge in [0.25, 0.3) is 0 Å². The summed E-state index contributed by atoms with van der Waals surface area (Å²) in [5.74, 6) is 1.43. The Bertz CT molecular complexity index is 569. The molecule has 0 aliphatic carbocycles. The van der Waals surface area contributed by atoms with E-state index < -0.39 is 0 Å². The molecule has 0 amide bonds. The van der Waals surface area contributed by atoms with Crippen molar-refractivity contribution in [2.75, 3.05) is 0 Å². The number of halogens is 2. The molecule has 2 rings (SSSR count). The van der Waals surface area contributed by atoms with Crippen molar-refractivity contribution in [3.8, 4) is 11.5 Å². The summed E-state index contributed by atoms with van der Waals surface area (Å²) in [6.07, 6.45) is 1.85. The lowest BCUT2D eigenvalue weighted by molar-refractivity contribution is 0.482. The number of hydrogen-bond acceptors (Lipinski definition) is 2. The van der Waals surface area contributed by atoms with E-state index in [0.717, 1.165) is 18.6 Å². The lowest BCUT2D eigenvalue weighted by Crippen LogP contribution is -2.21. The van der Waals surface area contributed by atoms with Crippen molar-refractivity contribution in [2.45, 2.75) is 25.8 Å². The van der Waals surface area contributed by atoms with Crippen LogP contribution in [-0.2, 0) is 6.42 Å². The summed E-state index contributed by atoms with van der Waals surface area (Å²) in [5, 5.41) is 0.998. The molecule has 0 saturated heterocycles. The average molecular weight is 310 g/mol. The zero-order valence-electron chi connectivity index (χ0n) is 11.3. The minimum atomic E-state index is 0.205. The molecule has 2 aromatic rings. The molecule has 2 aromatic carbocycles. The molecule has 0 aliphatic rings. The fraction of sp³-hybridized carbons (Fsp3) is 0.250. The highest BCUT2D eigenvalue weighted by molar-refractivity contribution is 6.42. The summed E-state index contributed by atoms with van der Waals surface area (Å²) in [7, 11) is 0. The Labute approximate surface area is 129 Å². The van der Waals surface area contributed by atoms with E-state index in [9.17, 15) is 0 Å². The smallest absolute Gasteiger partial charge is 0.129 e. The van der Waals surface area contributed by atoms with E-state index in [2.05, 4.69) is 6.92 Å². The SMILES string of the molecule is CCC(N)Cc1ccc(Oc2ccc(Cl)c(Cl)c2)cc1. The van der Waals surface area contributed by atoms with Crippen LogP contribution in [0.1, 0.15) is 18.9 Å². The Kier molecular flexibility index (Phi) is 5.30. The first kappa shape index (κ1) is 15.2. The fourth-order valence-electron chi connectivity index (χ4n) is 1.82. The second kappa shape index (κ2) is 6.98. The molecule has 4 heteroatoms. The monoisotopic (exact) mass is 309 g/mol. The molecule has 106 valence electrons. The maximum Gasteiger partial charge on any atom is 0.129 e. The van der Waals surface area contributed by atoms with Crippen LogP contribution in [0.15, 0.2) is 42.5 Å². The summed E-state index contributed by atoms with van der Waals surface area (Å²) in [6, 6.07) is 13.3. The highest BCUT2D eigenvalue weighted by Gasteiger charge is 2.04. The first-order chi connectivity index (χ1) is 9.58. The molecule has 0 radical (unpaired) electrons. The number of hydrogen-bond donors (Lipinski definition) is 1. The summed E-state index contributed by atoms with van der Waals surface area (Å²) in [5.41, 5.74) is 7.15. The molecule has 2 N–H and O–H groups in total. The molecule has 1 unspecified atom stereocenters. The second-order valence-corrected chi connectivity index (χ2v) is 5.51. The van der Waals surface area contributed by atoms with Crippen molar-refractivity contribution in [3.05, 3.63) is 58.1 Å². The van der Waals surface area contributed by atoms with Crippen LogP contribution in [0.4, 0.5) is 0 Å². The van der Waals surface area contributed by atoms with Crippen molar-refractivity contribution in [1.82, 2.24) is 0 Å². The normalized spacial score (nSPS) is 12.2. The van der Waals surface area contributed by atoms with Gasteiger partial charge in [-0.25, -0.2) is 0 Å². The first-order valence-electron chi connectivity index (χ1n) is 6.56. The highest BCUT2D eigenvalue weighted by atomic mass is 35.5. The number of ether oxygens (including phenoxy) is 1. The molecular formula is C16H17Cl2NO. The van der Waals surface area contributed by atoms with Gasteiger partial charge in [-0.2, -0.15) is 0 Å². The van der Waals surface area contributed by atoms with Gasteiger partial charge in [-0.05, 0) is 42.7 Å². The third-order valence-corrected chi connectivity index (χ3v) is 3.81. The zero-order valence-corrected chi connectivity index (χ0v) is 12.8. The van der Waals surface area contributed by atoms with E-state index >= 15 is 0 Å². The van der Waals surface area contributed by atoms with Crippen LogP contribution in [0.5, 0.6) is 11.5 Å². The molecular weight excluding hydrogens is 293 g/mol. The van der Waals surface area contributed by atoms with Crippen LogP contribution >= 0.6 is 23.2 Å². The molecule has 0 fully saturated rings. The summed E-state index contributed by atoms with van der Waals surface area (Å²) >= 11 is 11.8. The number of benzene rings is 2. The van der Waals surface area contributed by atoms with Crippen molar-refractivity contribution >= 4 is 23.2 Å². The number of nitrogens with two attached hydrogens (primary N) is 1. The average Bonchev–Trinajstić information content (AvgIpc) is 2.45. The molecule has 20 heavy (non-hydrogen) atoms. The lowest BCUT2D eigenvalue weighted by Gasteiger charge is -2.10. The molecule has 1 atom stereocenters. The zero-order chi connectivity index (χ0) is 14.5. The van der Waals surface area contributed by atoms with Gasteiger partial charge >= 0.3 is 0 Å². The van der Waals surface area contributed by atoms with E-state index in [4.69, 9.17) is 33.7 Å². The Morgan fingerprint density at radius 3 is 2.25 bits per heavy atom. The molecule has 0 heterocycles. The first-order valence-corrected chi connectivity index (χ1v) is 7.31. The summed E-state index contributed by atoms with van der Waals surface area (Å²) < 4.78 is 5.73. The Balaban J connectivity index is 2.04. The Hall–Kier alpha value is -1.22. The topological polar surface area (TPSA) is 35.2 Å². The van der Waals surface area contributed by atoms with Gasteiger partial charge < -0.3 is 10.5 Å². The van der Waals surface area contributed by atoms with E-state index in [1.54, 1.807) is 18.2 Å². The van der Waals surface area contributed by atoms with E-state index in [1.165, 1.54) is 5.56 Å². The molecule has 0 aliphatic heterocycles. The maximum absolute atomic E-state index is 5.95. The van der Waals surface area contributed by atoms with Crippen LogP contribution in [-0.4, -0.2) is 6.04 Å². The van der Waals surface area contributed by atoms with Crippen molar-refractivity contribution in [3.63, 3.8) is 0 Å². The molecule has 0 aromatic heterocycles. The van der Waals surface area contributed by atoms with Crippen LogP contribution < -0.4 is 10.5 Å². The molecule has 2 nitrogen and oxygen atoms in total. The third kappa shape index (κ3) is 4.14. The van der Waals surface area contributed by atoms with Gasteiger partial charge in [-0.3, -0.25) is 0 Å². The van der Waals surface area contributed by atoms with Crippen LogP contribution in [0, 0.1) is 0 Å². The predicted molar refractivity (Wildman–Crippen MR) is 84.9 cm³/mol.